The number of nitrogens with zero attached hydrogens (tertiary/aromatic N) is 1. The van der Waals surface area contributed by atoms with Gasteiger partial charge in [-0.05, 0) is 50.0 Å². The third-order valence-corrected chi connectivity index (χ3v) is 9.30. The van der Waals surface area contributed by atoms with Crippen molar-refractivity contribution >= 4 is 65.9 Å². The van der Waals surface area contributed by atoms with Crippen molar-refractivity contribution in [1.29, 1.82) is 5.41 Å². The average Bonchev–Trinajstić information content (AvgIpc) is 3.68. The van der Waals surface area contributed by atoms with Crippen molar-refractivity contribution in [3.05, 3.63) is 35.9 Å². The van der Waals surface area contributed by atoms with Crippen LogP contribution < -0.4 is 48.7 Å². The van der Waals surface area contributed by atoms with Crippen molar-refractivity contribution in [3.8, 4) is 0 Å². The van der Waals surface area contributed by atoms with Gasteiger partial charge in [0.15, 0.2) is 5.96 Å². The minimum atomic E-state index is -1.52. The molecule has 1 aromatic rings. The highest BCUT2D eigenvalue weighted by atomic mass is 32.1. The molecule has 1 aliphatic rings. The molecule has 22 heteroatoms. The maximum Gasteiger partial charge on any atom is 0.326 e. The summed E-state index contributed by atoms with van der Waals surface area (Å²) in [7, 11) is 0. The van der Waals surface area contributed by atoms with Gasteiger partial charge in [0.2, 0.25) is 41.4 Å². The standard InChI is InChI=1S/C36H57N11O10S/c1-20(2)14-24(35(56)57)45-33(54)25(18-48)43-28(49)16-41-31(52)23(10-6-12-40-36(38)39)44-34(55)27-11-7-13-47(27)29(50)17-42-32(53)26(19-58)46-30(51)22(37)15-21-8-4-3-5-9-21/h3-5,8-9,20,22-27,48,58H,6-7,10-19,37H2,1-2H3,(H,41,52)(H,42,53)(H,43,49)(H,44,55)(H,45,54)(H,46,51)(H,56,57)(H4,38,39,40)/t22-,23-,24-,25-,26-,27-/m0/s1. The number of aliphatic hydroxyl groups is 1. The number of rotatable bonds is 24. The Bertz CT molecular complexity index is 1600. The van der Waals surface area contributed by atoms with E-state index < -0.39 is 103 Å². The van der Waals surface area contributed by atoms with E-state index in [1.807, 2.05) is 30.3 Å². The molecule has 0 unspecified atom stereocenters. The van der Waals surface area contributed by atoms with E-state index in [1.165, 1.54) is 4.90 Å². The number of aliphatic hydroxyl groups excluding tert-OH is 1. The zero-order valence-corrected chi connectivity index (χ0v) is 33.5. The number of carbonyl (C=O) groups excluding carboxylic acids is 7. The Labute approximate surface area is 341 Å². The molecule has 1 aromatic carbocycles. The Morgan fingerprint density at radius 2 is 1.50 bits per heavy atom. The molecule has 14 N–H and O–H groups in total. The summed E-state index contributed by atoms with van der Waals surface area (Å²) in [5.41, 5.74) is 12.2. The molecule has 7 amide bonds. The van der Waals surface area contributed by atoms with E-state index in [4.69, 9.17) is 16.9 Å². The summed E-state index contributed by atoms with van der Waals surface area (Å²) >= 11 is 4.15. The first-order valence-electron chi connectivity index (χ1n) is 18.8. The molecule has 21 nitrogen and oxygen atoms in total. The lowest BCUT2D eigenvalue weighted by Crippen LogP contribution is -2.57. The van der Waals surface area contributed by atoms with Crippen molar-refractivity contribution in [2.45, 2.75) is 88.6 Å². The van der Waals surface area contributed by atoms with Crippen molar-refractivity contribution in [1.82, 2.24) is 42.1 Å². The van der Waals surface area contributed by atoms with Gasteiger partial charge in [0.1, 0.15) is 30.2 Å². The van der Waals surface area contributed by atoms with Gasteiger partial charge in [-0.3, -0.25) is 39.0 Å². The van der Waals surface area contributed by atoms with Crippen LogP contribution in [0.2, 0.25) is 0 Å². The highest BCUT2D eigenvalue weighted by Gasteiger charge is 2.36. The first-order chi connectivity index (χ1) is 27.5. The molecule has 0 aromatic heterocycles. The van der Waals surface area contributed by atoms with Gasteiger partial charge in [-0.1, -0.05) is 44.2 Å². The van der Waals surface area contributed by atoms with Crippen molar-refractivity contribution < 1.29 is 48.6 Å². The first-order valence-corrected chi connectivity index (χ1v) is 19.5. The number of aliphatic carboxylic acids is 1. The third-order valence-electron chi connectivity index (χ3n) is 8.94. The van der Waals surface area contributed by atoms with Gasteiger partial charge in [-0.25, -0.2) is 4.79 Å². The summed E-state index contributed by atoms with van der Waals surface area (Å²) in [5.74, 6) is -6.96. The van der Waals surface area contributed by atoms with E-state index in [0.717, 1.165) is 5.56 Å². The van der Waals surface area contributed by atoms with Crippen LogP contribution in [0.15, 0.2) is 30.3 Å². The predicted molar refractivity (Wildman–Crippen MR) is 214 cm³/mol. The molecule has 58 heavy (non-hydrogen) atoms. The zero-order valence-electron chi connectivity index (χ0n) is 32.6. The zero-order chi connectivity index (χ0) is 43.4. The van der Waals surface area contributed by atoms with Crippen LogP contribution in [0.4, 0.5) is 0 Å². The van der Waals surface area contributed by atoms with Crippen molar-refractivity contribution in [2.24, 2.45) is 17.4 Å². The van der Waals surface area contributed by atoms with Gasteiger partial charge in [-0.15, -0.1) is 0 Å². The summed E-state index contributed by atoms with van der Waals surface area (Å²) in [6.07, 6.45) is 1.27. The van der Waals surface area contributed by atoms with Crippen molar-refractivity contribution in [2.75, 3.05) is 38.5 Å². The van der Waals surface area contributed by atoms with Crippen LogP contribution >= 0.6 is 12.6 Å². The Hall–Kier alpha value is -5.48. The fourth-order valence-electron chi connectivity index (χ4n) is 5.92. The van der Waals surface area contributed by atoms with Gasteiger partial charge in [0.25, 0.3) is 0 Å². The molecule has 1 fully saturated rings. The maximum atomic E-state index is 13.5. The third kappa shape index (κ3) is 16.9. The Morgan fingerprint density at radius 3 is 2.10 bits per heavy atom. The van der Waals surface area contributed by atoms with Gasteiger partial charge < -0.3 is 63.8 Å². The lowest BCUT2D eigenvalue weighted by atomic mass is 10.0. The largest absolute Gasteiger partial charge is 0.480 e. The first kappa shape index (κ1) is 48.7. The van der Waals surface area contributed by atoms with Gasteiger partial charge in [0.05, 0.1) is 25.7 Å². The molecule has 2 rings (SSSR count). The van der Waals surface area contributed by atoms with Gasteiger partial charge in [0, 0.05) is 18.8 Å². The average molecular weight is 836 g/mol. The monoisotopic (exact) mass is 835 g/mol. The van der Waals surface area contributed by atoms with Gasteiger partial charge >= 0.3 is 5.97 Å². The molecule has 0 spiro atoms. The predicted octanol–water partition coefficient (Wildman–Crippen LogP) is -3.96. The number of nitrogens with two attached hydrogens (primary N) is 2. The number of guanidine groups is 1. The summed E-state index contributed by atoms with van der Waals surface area (Å²) in [4.78, 5) is 104. The SMILES string of the molecule is CC(C)C[C@H](NC(=O)[C@H](CO)NC(=O)CNC(=O)[C@H](CCCNC(=N)N)NC(=O)[C@@H]1CCCN1C(=O)CNC(=O)[C@H](CS)NC(=O)[C@@H](N)Cc1ccccc1)C(=O)O. The summed E-state index contributed by atoms with van der Waals surface area (Å²) in [5, 5.41) is 43.5. The number of carboxylic acids is 1. The van der Waals surface area contributed by atoms with Crippen LogP contribution in [0.5, 0.6) is 0 Å². The number of thiol groups is 1. The molecular weight excluding hydrogens is 779 g/mol. The summed E-state index contributed by atoms with van der Waals surface area (Å²) in [6, 6.07) is 2.01. The molecule has 1 aliphatic heterocycles. The van der Waals surface area contributed by atoms with Crippen LogP contribution in [0.1, 0.15) is 51.5 Å². The molecule has 6 atom stereocenters. The number of benzene rings is 1. The van der Waals surface area contributed by atoms with E-state index in [0.29, 0.717) is 6.42 Å². The normalized spacial score (nSPS) is 16.1. The number of hydrogen-bond acceptors (Lipinski definition) is 12. The number of likely N-dealkylation sites (tertiary alicyclic amines) is 1. The van der Waals surface area contributed by atoms with Crippen LogP contribution in [0, 0.1) is 11.3 Å². The lowest BCUT2D eigenvalue weighted by molar-refractivity contribution is -0.143. The highest BCUT2D eigenvalue weighted by molar-refractivity contribution is 7.80. The number of carboxylic acid groups (broad SMARTS) is 1. The molecule has 0 bridgehead atoms. The summed E-state index contributed by atoms with van der Waals surface area (Å²) in [6.45, 7) is 1.81. The molecule has 1 saturated heterocycles. The van der Waals surface area contributed by atoms with Crippen molar-refractivity contribution in [3.63, 3.8) is 0 Å². The van der Waals surface area contributed by atoms with Crippen LogP contribution in [0.3, 0.4) is 0 Å². The molecular formula is C36H57N11O10S. The Kier molecular flexibility index (Phi) is 21.0. The molecule has 1 heterocycles. The second-order valence-electron chi connectivity index (χ2n) is 14.1. The minimum absolute atomic E-state index is 0.0101. The van der Waals surface area contributed by atoms with E-state index in [1.54, 1.807) is 13.8 Å². The van der Waals surface area contributed by atoms with Crippen LogP contribution in [0.25, 0.3) is 0 Å². The van der Waals surface area contributed by atoms with Gasteiger partial charge in [-0.2, -0.15) is 12.6 Å². The highest BCUT2D eigenvalue weighted by Crippen LogP contribution is 2.18. The maximum absolute atomic E-state index is 13.5. The number of hydrogen-bond donors (Lipinski definition) is 13. The number of amides is 7. The quantitative estimate of drug-likeness (QED) is 0.0205. The van der Waals surface area contributed by atoms with E-state index >= 15 is 0 Å². The molecule has 0 saturated carbocycles. The molecule has 322 valence electrons. The smallest absolute Gasteiger partial charge is 0.326 e. The molecule has 0 radical (unpaired) electrons. The number of nitrogens with one attached hydrogen (secondary N) is 8. The lowest BCUT2D eigenvalue weighted by Gasteiger charge is -2.27. The minimum Gasteiger partial charge on any atom is -0.480 e. The Morgan fingerprint density at radius 1 is 0.862 bits per heavy atom. The van der Waals surface area contributed by atoms with Crippen LogP contribution in [-0.4, -0.2) is 143 Å². The van der Waals surface area contributed by atoms with E-state index in [-0.39, 0.29) is 62.8 Å². The fourth-order valence-corrected chi connectivity index (χ4v) is 6.18. The summed E-state index contributed by atoms with van der Waals surface area (Å²) < 4.78 is 0. The van der Waals surface area contributed by atoms with Crippen LogP contribution in [-0.2, 0) is 44.8 Å². The topological polar surface area (TPSA) is 340 Å². The second-order valence-corrected chi connectivity index (χ2v) is 14.5. The molecule has 0 aliphatic carbocycles. The Balaban J connectivity index is 2.00. The number of carbonyl (C=O) groups is 8. The fraction of sp³-hybridized carbons (Fsp3) is 0.583. The van der Waals surface area contributed by atoms with E-state index in [2.05, 4.69) is 49.8 Å². The second kappa shape index (κ2) is 25.0. The van der Waals surface area contributed by atoms with E-state index in [9.17, 15) is 48.6 Å².